The van der Waals surface area contributed by atoms with Crippen LogP contribution in [0.25, 0.3) is 0 Å². The van der Waals surface area contributed by atoms with Crippen molar-refractivity contribution in [3.05, 3.63) is 29.3 Å². The molecule has 1 saturated heterocycles. The van der Waals surface area contributed by atoms with Crippen LogP contribution in [0.2, 0.25) is 0 Å². The molecule has 1 aromatic carbocycles. The van der Waals surface area contributed by atoms with Crippen molar-refractivity contribution in [2.45, 2.75) is 26.2 Å². The summed E-state index contributed by atoms with van der Waals surface area (Å²) < 4.78 is 17.6. The Kier molecular flexibility index (Phi) is 4.02. The number of carbonyl (C=O) groups excluding carboxylic acids is 1. The Bertz CT molecular complexity index is 626. The van der Waals surface area contributed by atoms with Gasteiger partial charge in [-0.15, -0.1) is 0 Å². The van der Waals surface area contributed by atoms with Crippen molar-refractivity contribution in [2.24, 2.45) is 5.92 Å². The summed E-state index contributed by atoms with van der Waals surface area (Å²) >= 11 is 0. The van der Waals surface area contributed by atoms with Gasteiger partial charge < -0.3 is 9.64 Å². The molecule has 0 unspecified atom stereocenters. The van der Waals surface area contributed by atoms with Crippen LogP contribution in [0.1, 0.15) is 36.7 Å². The molecule has 120 valence electrons. The van der Waals surface area contributed by atoms with E-state index in [0.717, 1.165) is 11.3 Å². The van der Waals surface area contributed by atoms with Crippen LogP contribution < -0.4 is 4.74 Å². The quantitative estimate of drug-likeness (QED) is 0.796. The minimum absolute atomic E-state index is 0.000278. The first-order valence-corrected chi connectivity index (χ1v) is 9.28. The van der Waals surface area contributed by atoms with Gasteiger partial charge in [0.05, 0.1) is 12.2 Å². The Hall–Kier alpha value is -1.36. The Morgan fingerprint density at radius 3 is 2.95 bits per heavy atom. The fourth-order valence-corrected chi connectivity index (χ4v) is 4.54. The summed E-state index contributed by atoms with van der Waals surface area (Å²) in [5.41, 5.74) is 1.69. The SMILES string of the molecule is C[C@H]1CN(C(=O)c2cccc3c2OCC3(C)C)CC[S@@](=O)C1. The van der Waals surface area contributed by atoms with Crippen LogP contribution in [-0.2, 0) is 16.2 Å². The third-order valence-corrected chi connectivity index (χ3v) is 6.01. The summed E-state index contributed by atoms with van der Waals surface area (Å²) in [5.74, 6) is 2.25. The third kappa shape index (κ3) is 2.78. The fraction of sp³-hybridized carbons (Fsp3) is 0.588. The minimum atomic E-state index is -0.818. The second-order valence-electron chi connectivity index (χ2n) is 7.02. The molecule has 0 saturated carbocycles. The smallest absolute Gasteiger partial charge is 0.257 e. The highest BCUT2D eigenvalue weighted by atomic mass is 32.2. The van der Waals surface area contributed by atoms with Crippen LogP contribution in [0.15, 0.2) is 18.2 Å². The summed E-state index contributed by atoms with van der Waals surface area (Å²) in [4.78, 5) is 14.8. The van der Waals surface area contributed by atoms with E-state index in [1.807, 2.05) is 23.1 Å². The number of benzene rings is 1. The zero-order chi connectivity index (χ0) is 15.9. The molecule has 2 aliphatic rings. The molecule has 1 aromatic rings. The molecule has 0 aromatic heterocycles. The molecule has 3 rings (SSSR count). The van der Waals surface area contributed by atoms with Crippen molar-refractivity contribution < 1.29 is 13.7 Å². The first-order valence-electron chi connectivity index (χ1n) is 7.79. The summed E-state index contributed by atoms with van der Waals surface area (Å²) in [5, 5.41) is 0. The summed E-state index contributed by atoms with van der Waals surface area (Å²) in [6.45, 7) is 8.14. The highest BCUT2D eigenvalue weighted by molar-refractivity contribution is 7.85. The van der Waals surface area contributed by atoms with Gasteiger partial charge in [0.25, 0.3) is 5.91 Å². The monoisotopic (exact) mass is 321 g/mol. The predicted octanol–water partition coefficient (Wildman–Crippen LogP) is 2.20. The Balaban J connectivity index is 1.90. The zero-order valence-electron chi connectivity index (χ0n) is 13.4. The van der Waals surface area contributed by atoms with Crippen molar-refractivity contribution in [1.82, 2.24) is 4.90 Å². The number of carbonyl (C=O) groups is 1. The molecule has 2 heterocycles. The number of nitrogens with zero attached hydrogens (tertiary/aromatic N) is 1. The molecule has 22 heavy (non-hydrogen) atoms. The number of ether oxygens (including phenoxy) is 1. The molecule has 0 radical (unpaired) electrons. The molecular formula is C17H23NO3S. The van der Waals surface area contributed by atoms with Crippen molar-refractivity contribution >= 4 is 16.7 Å². The normalized spacial score (nSPS) is 27.0. The van der Waals surface area contributed by atoms with Gasteiger partial charge in [-0.1, -0.05) is 32.9 Å². The van der Waals surface area contributed by atoms with Crippen molar-refractivity contribution in [1.29, 1.82) is 0 Å². The molecule has 0 aliphatic carbocycles. The van der Waals surface area contributed by atoms with E-state index in [4.69, 9.17) is 4.74 Å². The topological polar surface area (TPSA) is 46.6 Å². The van der Waals surface area contributed by atoms with Crippen LogP contribution in [0, 0.1) is 5.92 Å². The van der Waals surface area contributed by atoms with Gasteiger partial charge in [-0.3, -0.25) is 9.00 Å². The fourth-order valence-electron chi connectivity index (χ4n) is 3.21. The van der Waals surface area contributed by atoms with Gasteiger partial charge in [0.15, 0.2) is 0 Å². The lowest BCUT2D eigenvalue weighted by molar-refractivity contribution is 0.0748. The predicted molar refractivity (Wildman–Crippen MR) is 87.9 cm³/mol. The second kappa shape index (κ2) is 5.69. The number of para-hydroxylation sites is 1. The number of hydrogen-bond donors (Lipinski definition) is 0. The van der Waals surface area contributed by atoms with E-state index in [9.17, 15) is 9.00 Å². The highest BCUT2D eigenvalue weighted by Crippen LogP contribution is 2.40. The summed E-state index contributed by atoms with van der Waals surface area (Å²) in [6.07, 6.45) is 0. The number of fused-ring (bicyclic) bond motifs is 1. The van der Waals surface area contributed by atoms with Gasteiger partial charge in [-0.25, -0.2) is 0 Å². The molecule has 0 bridgehead atoms. The lowest BCUT2D eigenvalue weighted by atomic mass is 9.86. The lowest BCUT2D eigenvalue weighted by Crippen LogP contribution is -2.35. The van der Waals surface area contributed by atoms with Crippen LogP contribution in [0.3, 0.4) is 0 Å². The average Bonchev–Trinajstić information content (AvgIpc) is 2.67. The molecule has 1 amide bonds. The van der Waals surface area contributed by atoms with Crippen LogP contribution in [0.4, 0.5) is 0 Å². The maximum atomic E-state index is 12.9. The van der Waals surface area contributed by atoms with Crippen molar-refractivity contribution in [3.8, 4) is 5.75 Å². The van der Waals surface area contributed by atoms with Crippen LogP contribution in [0.5, 0.6) is 5.75 Å². The molecular weight excluding hydrogens is 298 g/mol. The molecule has 5 heteroatoms. The van der Waals surface area contributed by atoms with Crippen molar-refractivity contribution in [2.75, 3.05) is 31.2 Å². The lowest BCUT2D eigenvalue weighted by Gasteiger charge is -2.23. The van der Waals surface area contributed by atoms with Gasteiger partial charge in [0.2, 0.25) is 0 Å². The molecule has 1 fully saturated rings. The minimum Gasteiger partial charge on any atom is -0.492 e. The van der Waals surface area contributed by atoms with E-state index in [1.54, 1.807) is 0 Å². The largest absolute Gasteiger partial charge is 0.492 e. The molecule has 0 spiro atoms. The number of hydrogen-bond acceptors (Lipinski definition) is 3. The Morgan fingerprint density at radius 1 is 1.41 bits per heavy atom. The van der Waals surface area contributed by atoms with Crippen LogP contribution in [-0.4, -0.2) is 46.2 Å². The summed E-state index contributed by atoms with van der Waals surface area (Å²) in [6, 6.07) is 5.82. The number of rotatable bonds is 1. The first kappa shape index (κ1) is 15.5. The van der Waals surface area contributed by atoms with E-state index in [2.05, 4.69) is 20.8 Å². The molecule has 2 atom stereocenters. The van der Waals surface area contributed by atoms with Gasteiger partial charge in [0.1, 0.15) is 5.75 Å². The maximum absolute atomic E-state index is 12.9. The van der Waals surface area contributed by atoms with E-state index < -0.39 is 10.8 Å². The van der Waals surface area contributed by atoms with Gasteiger partial charge >= 0.3 is 0 Å². The standard InChI is InChI=1S/C17H23NO3S/c1-12-9-18(7-8-22(20)10-12)16(19)13-5-4-6-14-15(13)21-11-17(14,2)3/h4-6,12H,7-11H2,1-3H3/t12-,22+/m0/s1. The van der Waals surface area contributed by atoms with E-state index in [1.165, 1.54) is 0 Å². The number of amides is 1. The second-order valence-corrected chi connectivity index (χ2v) is 8.64. The molecule has 2 aliphatic heterocycles. The van der Waals surface area contributed by atoms with Gasteiger partial charge in [-0.2, -0.15) is 0 Å². The molecule has 4 nitrogen and oxygen atoms in total. The zero-order valence-corrected chi connectivity index (χ0v) is 14.2. The molecule has 0 N–H and O–H groups in total. The Labute approximate surface area is 134 Å². The van der Waals surface area contributed by atoms with Gasteiger partial charge in [-0.05, 0) is 12.0 Å². The Morgan fingerprint density at radius 2 is 2.18 bits per heavy atom. The average molecular weight is 321 g/mol. The first-order chi connectivity index (χ1) is 10.4. The van der Waals surface area contributed by atoms with Gasteiger partial charge in [0, 0.05) is 46.4 Å². The summed E-state index contributed by atoms with van der Waals surface area (Å²) in [7, 11) is -0.818. The van der Waals surface area contributed by atoms with E-state index >= 15 is 0 Å². The van der Waals surface area contributed by atoms with Crippen molar-refractivity contribution in [3.63, 3.8) is 0 Å². The van der Waals surface area contributed by atoms with E-state index in [-0.39, 0.29) is 17.2 Å². The van der Waals surface area contributed by atoms with Crippen LogP contribution >= 0.6 is 0 Å². The van der Waals surface area contributed by atoms with E-state index in [0.29, 0.717) is 36.8 Å². The maximum Gasteiger partial charge on any atom is 0.257 e. The highest BCUT2D eigenvalue weighted by Gasteiger charge is 2.35. The third-order valence-electron chi connectivity index (χ3n) is 4.43.